The fraction of sp³-hybridized carbons (Fsp3) is 0.364. The molecule has 10 heteroatoms. The molecule has 21 heavy (non-hydrogen) atoms. The van der Waals surface area contributed by atoms with Crippen molar-refractivity contribution in [2.24, 2.45) is 0 Å². The van der Waals surface area contributed by atoms with Gasteiger partial charge in [-0.05, 0) is 27.6 Å². The first-order chi connectivity index (χ1) is 9.50. The van der Waals surface area contributed by atoms with Crippen LogP contribution in [0.3, 0.4) is 0 Å². The van der Waals surface area contributed by atoms with Crippen molar-refractivity contribution >= 4 is 26.0 Å². The van der Waals surface area contributed by atoms with Crippen molar-refractivity contribution in [2.45, 2.75) is 11.9 Å². The third-order valence-electron chi connectivity index (χ3n) is 2.56. The van der Waals surface area contributed by atoms with Crippen LogP contribution in [0.15, 0.2) is 16.6 Å². The van der Waals surface area contributed by atoms with E-state index in [9.17, 15) is 26.0 Å². The summed E-state index contributed by atoms with van der Waals surface area (Å²) in [5, 5.41) is 8.44. The standard InChI is InChI=1S/C11H9BrF4N2O2S/c1-18(5-4-17)21(19,20)6-7-2-3-8(13)9(10(7)12)11(14,15)16/h2-3H,5-6H2,1H3. The monoisotopic (exact) mass is 388 g/mol. The van der Waals surface area contributed by atoms with Crippen molar-refractivity contribution < 1.29 is 26.0 Å². The minimum absolute atomic E-state index is 0.242. The lowest BCUT2D eigenvalue weighted by molar-refractivity contribution is -0.140. The molecule has 0 saturated carbocycles. The molecule has 0 aliphatic carbocycles. The second-order valence-electron chi connectivity index (χ2n) is 4.06. The van der Waals surface area contributed by atoms with Gasteiger partial charge in [-0.25, -0.2) is 12.8 Å². The van der Waals surface area contributed by atoms with Crippen LogP contribution in [-0.4, -0.2) is 26.3 Å². The fourth-order valence-electron chi connectivity index (χ4n) is 1.47. The SMILES string of the molecule is CN(CC#N)S(=O)(=O)Cc1ccc(F)c(C(F)(F)F)c1Br. The smallest absolute Gasteiger partial charge is 0.212 e. The molecular formula is C11H9BrF4N2O2S. The van der Waals surface area contributed by atoms with E-state index in [0.29, 0.717) is 10.4 Å². The van der Waals surface area contributed by atoms with E-state index >= 15 is 0 Å². The van der Waals surface area contributed by atoms with E-state index in [-0.39, 0.29) is 5.56 Å². The molecule has 0 atom stereocenters. The van der Waals surface area contributed by atoms with Gasteiger partial charge in [-0.1, -0.05) is 6.07 Å². The van der Waals surface area contributed by atoms with Crippen molar-refractivity contribution in [2.75, 3.05) is 13.6 Å². The summed E-state index contributed by atoms with van der Waals surface area (Å²) >= 11 is 2.60. The van der Waals surface area contributed by atoms with Gasteiger partial charge < -0.3 is 0 Å². The molecule has 0 N–H and O–H groups in total. The average Bonchev–Trinajstić information content (AvgIpc) is 2.31. The lowest BCUT2D eigenvalue weighted by atomic mass is 10.1. The highest BCUT2D eigenvalue weighted by molar-refractivity contribution is 9.10. The molecular weight excluding hydrogens is 380 g/mol. The summed E-state index contributed by atoms with van der Waals surface area (Å²) in [6.45, 7) is -0.437. The zero-order chi connectivity index (χ0) is 16.4. The Hall–Kier alpha value is -1.18. The fourth-order valence-corrected chi connectivity index (χ4v) is 3.45. The summed E-state index contributed by atoms with van der Waals surface area (Å²) in [5.41, 5.74) is -1.80. The Morgan fingerprint density at radius 2 is 1.95 bits per heavy atom. The Morgan fingerprint density at radius 3 is 2.43 bits per heavy atom. The highest BCUT2D eigenvalue weighted by Gasteiger charge is 2.38. The Labute approximate surface area is 127 Å². The first-order valence-electron chi connectivity index (χ1n) is 5.35. The molecule has 1 rings (SSSR count). The lowest BCUT2D eigenvalue weighted by Crippen LogP contribution is -2.28. The van der Waals surface area contributed by atoms with Gasteiger partial charge in [-0.15, -0.1) is 0 Å². The van der Waals surface area contributed by atoms with Gasteiger partial charge >= 0.3 is 6.18 Å². The van der Waals surface area contributed by atoms with Crippen LogP contribution in [-0.2, 0) is 22.0 Å². The van der Waals surface area contributed by atoms with Crippen LogP contribution >= 0.6 is 15.9 Å². The number of alkyl halides is 3. The predicted octanol–water partition coefficient (Wildman–Crippen LogP) is 2.89. The van der Waals surface area contributed by atoms with E-state index in [1.54, 1.807) is 6.07 Å². The molecule has 1 aromatic carbocycles. The van der Waals surface area contributed by atoms with Crippen LogP contribution in [0.1, 0.15) is 11.1 Å². The zero-order valence-corrected chi connectivity index (χ0v) is 13.0. The number of benzene rings is 1. The highest BCUT2D eigenvalue weighted by atomic mass is 79.9. The molecule has 0 heterocycles. The Morgan fingerprint density at radius 1 is 1.38 bits per heavy atom. The minimum atomic E-state index is -4.96. The molecule has 0 spiro atoms. The van der Waals surface area contributed by atoms with Crippen molar-refractivity contribution in [1.29, 1.82) is 5.26 Å². The molecule has 0 bridgehead atoms. The van der Waals surface area contributed by atoms with Crippen molar-refractivity contribution in [3.63, 3.8) is 0 Å². The summed E-state index contributed by atoms with van der Waals surface area (Å²) < 4.78 is 75.2. The number of nitriles is 1. The summed E-state index contributed by atoms with van der Waals surface area (Å²) in [6.07, 6.45) is -4.96. The molecule has 0 aliphatic heterocycles. The number of rotatable bonds is 4. The predicted molar refractivity (Wildman–Crippen MR) is 70.0 cm³/mol. The van der Waals surface area contributed by atoms with Gasteiger partial charge in [0.25, 0.3) is 0 Å². The number of sulfonamides is 1. The van der Waals surface area contributed by atoms with E-state index in [1.807, 2.05) is 0 Å². The number of hydrogen-bond acceptors (Lipinski definition) is 3. The third-order valence-corrected chi connectivity index (χ3v) is 5.22. The van der Waals surface area contributed by atoms with Crippen LogP contribution in [0.5, 0.6) is 0 Å². The zero-order valence-electron chi connectivity index (χ0n) is 10.6. The summed E-state index contributed by atoms with van der Waals surface area (Å²) in [7, 11) is -2.86. The second-order valence-corrected chi connectivity index (χ2v) is 6.93. The van der Waals surface area contributed by atoms with Crippen molar-refractivity contribution in [3.8, 4) is 6.07 Å². The molecule has 0 radical (unpaired) electrons. The number of hydrogen-bond donors (Lipinski definition) is 0. The summed E-state index contributed by atoms with van der Waals surface area (Å²) in [5.74, 6) is -2.28. The molecule has 1 aromatic rings. The maximum absolute atomic E-state index is 13.3. The summed E-state index contributed by atoms with van der Waals surface area (Å²) in [6, 6.07) is 3.12. The highest BCUT2D eigenvalue weighted by Crippen LogP contribution is 2.38. The molecule has 0 aromatic heterocycles. The molecule has 116 valence electrons. The van der Waals surface area contributed by atoms with Gasteiger partial charge in [-0.2, -0.15) is 22.7 Å². The van der Waals surface area contributed by atoms with E-state index < -0.39 is 44.4 Å². The molecule has 0 saturated heterocycles. The molecule has 0 fully saturated rings. The van der Waals surface area contributed by atoms with Crippen LogP contribution < -0.4 is 0 Å². The van der Waals surface area contributed by atoms with E-state index in [2.05, 4.69) is 15.9 Å². The van der Waals surface area contributed by atoms with Gasteiger partial charge in [-0.3, -0.25) is 0 Å². The Kier molecular flexibility index (Phi) is 5.35. The Bertz CT molecular complexity index is 683. The average molecular weight is 389 g/mol. The molecule has 4 nitrogen and oxygen atoms in total. The van der Waals surface area contributed by atoms with Gasteiger partial charge in [0.05, 0.1) is 11.8 Å². The van der Waals surface area contributed by atoms with Gasteiger partial charge in [0.2, 0.25) is 10.0 Å². The largest absolute Gasteiger partial charge is 0.420 e. The van der Waals surface area contributed by atoms with E-state index in [0.717, 1.165) is 13.1 Å². The van der Waals surface area contributed by atoms with E-state index in [4.69, 9.17) is 5.26 Å². The van der Waals surface area contributed by atoms with Crippen LogP contribution in [0, 0.1) is 17.1 Å². The van der Waals surface area contributed by atoms with Crippen LogP contribution in [0.4, 0.5) is 17.6 Å². The third kappa shape index (κ3) is 4.15. The van der Waals surface area contributed by atoms with Gasteiger partial charge in [0.1, 0.15) is 17.9 Å². The lowest BCUT2D eigenvalue weighted by Gasteiger charge is -2.17. The van der Waals surface area contributed by atoms with Crippen LogP contribution in [0.2, 0.25) is 0 Å². The molecule has 0 amide bonds. The quantitative estimate of drug-likeness (QED) is 0.588. The molecule has 0 unspecified atom stereocenters. The Balaban J connectivity index is 3.27. The normalized spacial score (nSPS) is 12.5. The van der Waals surface area contributed by atoms with Crippen LogP contribution in [0.25, 0.3) is 0 Å². The maximum atomic E-state index is 13.3. The minimum Gasteiger partial charge on any atom is -0.212 e. The topological polar surface area (TPSA) is 61.2 Å². The first-order valence-corrected chi connectivity index (χ1v) is 7.76. The van der Waals surface area contributed by atoms with Crippen molar-refractivity contribution in [3.05, 3.63) is 33.5 Å². The van der Waals surface area contributed by atoms with E-state index in [1.165, 1.54) is 0 Å². The second kappa shape index (κ2) is 6.29. The van der Waals surface area contributed by atoms with Gasteiger partial charge in [0, 0.05) is 11.5 Å². The molecule has 0 aliphatic rings. The van der Waals surface area contributed by atoms with Gasteiger partial charge in [0.15, 0.2) is 0 Å². The first kappa shape index (κ1) is 17.9. The number of nitrogens with zero attached hydrogens (tertiary/aromatic N) is 2. The van der Waals surface area contributed by atoms with Crippen molar-refractivity contribution in [1.82, 2.24) is 4.31 Å². The summed E-state index contributed by atoms with van der Waals surface area (Å²) in [4.78, 5) is 0. The number of halogens is 5. The maximum Gasteiger partial charge on any atom is 0.420 e.